The van der Waals surface area contributed by atoms with Gasteiger partial charge in [0.25, 0.3) is 0 Å². The lowest BCUT2D eigenvalue weighted by atomic mass is 10.2. The first-order valence-electron chi connectivity index (χ1n) is 6.08. The van der Waals surface area contributed by atoms with Crippen molar-refractivity contribution in [3.05, 3.63) is 0 Å². The summed E-state index contributed by atoms with van der Waals surface area (Å²) in [5.74, 6) is 0.447. The van der Waals surface area contributed by atoms with Crippen LogP contribution in [0.1, 0.15) is 13.8 Å². The molecule has 0 fully saturated rings. The molecule has 0 spiro atoms. The number of hydrogen-bond donors (Lipinski definition) is 1. The molecular weight excluding hydrogens is 238 g/mol. The molecule has 0 heterocycles. The Morgan fingerprint density at radius 2 is 1.71 bits per heavy atom. The van der Waals surface area contributed by atoms with Gasteiger partial charge in [0.2, 0.25) is 0 Å². The minimum atomic E-state index is -2.43. The molecule has 0 amide bonds. The van der Waals surface area contributed by atoms with Gasteiger partial charge in [-0.15, -0.1) is 0 Å². The SMILES string of the molecule is CCOCCNCC(C)C[Si](OC)(OC)OC. The summed E-state index contributed by atoms with van der Waals surface area (Å²) in [6.45, 7) is 7.47. The lowest BCUT2D eigenvalue weighted by molar-refractivity contribution is 0.118. The van der Waals surface area contributed by atoms with Gasteiger partial charge in [-0.1, -0.05) is 6.92 Å². The van der Waals surface area contributed by atoms with Gasteiger partial charge < -0.3 is 23.3 Å². The molecule has 0 aromatic carbocycles. The summed E-state index contributed by atoms with van der Waals surface area (Å²) in [5.41, 5.74) is 0. The van der Waals surface area contributed by atoms with Gasteiger partial charge in [-0.2, -0.15) is 0 Å². The minimum Gasteiger partial charge on any atom is -0.380 e. The molecule has 0 radical (unpaired) electrons. The molecular formula is C11H27NO4Si. The smallest absolute Gasteiger partial charge is 0.380 e. The Kier molecular flexibility index (Phi) is 10.00. The highest BCUT2D eigenvalue weighted by Crippen LogP contribution is 2.18. The van der Waals surface area contributed by atoms with E-state index in [1.165, 1.54) is 0 Å². The Bertz CT molecular complexity index is 171. The number of nitrogens with one attached hydrogen (secondary N) is 1. The number of rotatable bonds is 11. The van der Waals surface area contributed by atoms with Crippen LogP contribution in [0.25, 0.3) is 0 Å². The van der Waals surface area contributed by atoms with Gasteiger partial charge in [-0.05, 0) is 19.4 Å². The van der Waals surface area contributed by atoms with Crippen molar-refractivity contribution in [2.24, 2.45) is 5.92 Å². The molecule has 6 heteroatoms. The topological polar surface area (TPSA) is 49.0 Å². The van der Waals surface area contributed by atoms with E-state index in [-0.39, 0.29) is 0 Å². The van der Waals surface area contributed by atoms with Crippen LogP contribution in [0.3, 0.4) is 0 Å². The fraction of sp³-hybridized carbons (Fsp3) is 1.00. The normalized spacial score (nSPS) is 13.9. The van der Waals surface area contributed by atoms with E-state index in [0.29, 0.717) is 5.92 Å². The van der Waals surface area contributed by atoms with Crippen LogP contribution >= 0.6 is 0 Å². The molecule has 0 aliphatic carbocycles. The second-order valence-electron chi connectivity index (χ2n) is 4.01. The Morgan fingerprint density at radius 3 is 2.18 bits per heavy atom. The van der Waals surface area contributed by atoms with Crippen molar-refractivity contribution >= 4 is 8.80 Å². The average Bonchev–Trinajstić information content (AvgIpc) is 2.36. The molecule has 5 nitrogen and oxygen atoms in total. The van der Waals surface area contributed by atoms with Gasteiger partial charge in [-0.25, -0.2) is 0 Å². The molecule has 0 rings (SSSR count). The first kappa shape index (κ1) is 17.0. The van der Waals surface area contributed by atoms with E-state index in [9.17, 15) is 0 Å². The van der Waals surface area contributed by atoms with Crippen LogP contribution in [0.2, 0.25) is 6.04 Å². The molecule has 0 aliphatic heterocycles. The second kappa shape index (κ2) is 9.99. The fourth-order valence-corrected chi connectivity index (χ4v) is 3.63. The maximum atomic E-state index is 5.39. The molecule has 17 heavy (non-hydrogen) atoms. The quantitative estimate of drug-likeness (QED) is 0.448. The Morgan fingerprint density at radius 1 is 1.12 bits per heavy atom. The first-order valence-corrected chi connectivity index (χ1v) is 8.01. The molecule has 1 unspecified atom stereocenters. The number of hydrogen-bond acceptors (Lipinski definition) is 5. The fourth-order valence-electron chi connectivity index (χ4n) is 1.64. The van der Waals surface area contributed by atoms with Crippen LogP contribution in [-0.2, 0) is 18.0 Å². The van der Waals surface area contributed by atoms with Gasteiger partial charge in [-0.3, -0.25) is 0 Å². The van der Waals surface area contributed by atoms with Crippen molar-refractivity contribution in [1.82, 2.24) is 5.32 Å². The minimum absolute atomic E-state index is 0.447. The molecule has 0 bridgehead atoms. The van der Waals surface area contributed by atoms with E-state index in [2.05, 4.69) is 12.2 Å². The monoisotopic (exact) mass is 265 g/mol. The van der Waals surface area contributed by atoms with Crippen molar-refractivity contribution < 1.29 is 18.0 Å². The predicted molar refractivity (Wildman–Crippen MR) is 70.1 cm³/mol. The van der Waals surface area contributed by atoms with E-state index in [4.69, 9.17) is 18.0 Å². The lowest BCUT2D eigenvalue weighted by Gasteiger charge is -2.27. The Balaban J connectivity index is 3.79. The predicted octanol–water partition coefficient (Wildman–Crippen LogP) is 1.13. The van der Waals surface area contributed by atoms with Crippen molar-refractivity contribution in [1.29, 1.82) is 0 Å². The molecule has 1 N–H and O–H groups in total. The average molecular weight is 265 g/mol. The Hall–Kier alpha value is 0.0169. The maximum absolute atomic E-state index is 5.39. The second-order valence-corrected chi connectivity index (χ2v) is 7.00. The third kappa shape index (κ3) is 7.12. The highest BCUT2D eigenvalue weighted by molar-refractivity contribution is 6.60. The van der Waals surface area contributed by atoms with Crippen LogP contribution in [0.5, 0.6) is 0 Å². The molecule has 0 saturated carbocycles. The molecule has 104 valence electrons. The maximum Gasteiger partial charge on any atom is 0.500 e. The third-order valence-electron chi connectivity index (χ3n) is 2.65. The van der Waals surface area contributed by atoms with E-state index < -0.39 is 8.80 Å². The highest BCUT2D eigenvalue weighted by Gasteiger charge is 2.39. The van der Waals surface area contributed by atoms with E-state index >= 15 is 0 Å². The van der Waals surface area contributed by atoms with Gasteiger partial charge >= 0.3 is 8.80 Å². The summed E-state index contributed by atoms with van der Waals surface area (Å²) < 4.78 is 21.4. The number of ether oxygens (including phenoxy) is 1. The molecule has 1 atom stereocenters. The largest absolute Gasteiger partial charge is 0.500 e. The summed E-state index contributed by atoms with van der Waals surface area (Å²) in [7, 11) is 2.51. The van der Waals surface area contributed by atoms with Gasteiger partial charge in [0.1, 0.15) is 0 Å². The van der Waals surface area contributed by atoms with Gasteiger partial charge in [0, 0.05) is 40.5 Å². The summed E-state index contributed by atoms with van der Waals surface area (Å²) in [5, 5.41) is 3.35. The van der Waals surface area contributed by atoms with Gasteiger partial charge in [0.15, 0.2) is 0 Å². The van der Waals surface area contributed by atoms with Crippen LogP contribution < -0.4 is 5.32 Å². The highest BCUT2D eigenvalue weighted by atomic mass is 28.4. The lowest BCUT2D eigenvalue weighted by Crippen LogP contribution is -2.45. The van der Waals surface area contributed by atoms with E-state index in [0.717, 1.165) is 32.3 Å². The summed E-state index contributed by atoms with van der Waals surface area (Å²) in [4.78, 5) is 0. The zero-order chi connectivity index (χ0) is 13.1. The van der Waals surface area contributed by atoms with Crippen LogP contribution in [0.4, 0.5) is 0 Å². The third-order valence-corrected chi connectivity index (χ3v) is 5.71. The van der Waals surface area contributed by atoms with E-state index in [1.54, 1.807) is 21.3 Å². The van der Waals surface area contributed by atoms with Crippen molar-refractivity contribution in [3.63, 3.8) is 0 Å². The van der Waals surface area contributed by atoms with Crippen molar-refractivity contribution in [3.8, 4) is 0 Å². The molecule has 0 aliphatic rings. The van der Waals surface area contributed by atoms with Crippen LogP contribution in [0.15, 0.2) is 0 Å². The van der Waals surface area contributed by atoms with Crippen LogP contribution in [-0.4, -0.2) is 56.4 Å². The summed E-state index contributed by atoms with van der Waals surface area (Å²) in [6.07, 6.45) is 0. The standard InChI is InChI=1S/C11H27NO4Si/c1-6-16-8-7-12-9-11(2)10-17(13-3,14-4)15-5/h11-12H,6-10H2,1-5H3. The van der Waals surface area contributed by atoms with Crippen molar-refractivity contribution in [2.75, 3.05) is 47.6 Å². The van der Waals surface area contributed by atoms with Gasteiger partial charge in [0.05, 0.1) is 6.61 Å². The first-order chi connectivity index (χ1) is 8.14. The molecule has 0 aromatic heterocycles. The Labute approximate surface area is 106 Å². The molecule has 0 saturated heterocycles. The van der Waals surface area contributed by atoms with Crippen molar-refractivity contribution in [2.45, 2.75) is 19.9 Å². The molecule has 0 aromatic rings. The van der Waals surface area contributed by atoms with E-state index in [1.807, 2.05) is 6.92 Å². The summed E-state index contributed by atoms with van der Waals surface area (Å²) >= 11 is 0. The van der Waals surface area contributed by atoms with Crippen LogP contribution in [0, 0.1) is 5.92 Å². The summed E-state index contributed by atoms with van der Waals surface area (Å²) in [6, 6.07) is 0.818. The zero-order valence-corrected chi connectivity index (χ0v) is 12.7. The zero-order valence-electron chi connectivity index (χ0n) is 11.7.